The van der Waals surface area contributed by atoms with Crippen molar-refractivity contribution in [2.75, 3.05) is 5.32 Å². The minimum atomic E-state index is 0.560. The Balaban J connectivity index is 1.94. The highest BCUT2D eigenvalue weighted by atomic mass is 32.1. The van der Waals surface area contributed by atoms with Gasteiger partial charge in [0, 0.05) is 24.3 Å². The maximum atomic E-state index is 4.39. The number of anilines is 1. The fourth-order valence-corrected chi connectivity index (χ4v) is 2.23. The van der Waals surface area contributed by atoms with Crippen LogP contribution in [-0.2, 0) is 13.6 Å². The number of hydrogen-bond donors (Lipinski definition) is 1. The van der Waals surface area contributed by atoms with Crippen molar-refractivity contribution < 1.29 is 0 Å². The van der Waals surface area contributed by atoms with E-state index in [1.54, 1.807) is 16.0 Å². The molecule has 2 heterocycles. The summed E-state index contributed by atoms with van der Waals surface area (Å²) in [5.74, 6) is 0.560. The van der Waals surface area contributed by atoms with Crippen LogP contribution in [0.25, 0.3) is 0 Å². The summed E-state index contributed by atoms with van der Waals surface area (Å²) in [5.41, 5.74) is 1.03. The number of aryl methyl sites for hydroxylation is 1. The van der Waals surface area contributed by atoms with Gasteiger partial charge >= 0.3 is 0 Å². The van der Waals surface area contributed by atoms with E-state index in [-0.39, 0.29) is 0 Å². The van der Waals surface area contributed by atoms with Gasteiger partial charge in [-0.25, -0.2) is 4.98 Å². The maximum Gasteiger partial charge on any atom is 0.112 e. The first-order valence-corrected chi connectivity index (χ1v) is 6.14. The van der Waals surface area contributed by atoms with E-state index in [0.29, 0.717) is 5.92 Å². The summed E-state index contributed by atoms with van der Waals surface area (Å²) in [6.07, 6.45) is 5.74. The molecule has 0 saturated heterocycles. The third-order valence-electron chi connectivity index (χ3n) is 2.29. The van der Waals surface area contributed by atoms with Crippen molar-refractivity contribution in [1.82, 2.24) is 14.8 Å². The summed E-state index contributed by atoms with van der Waals surface area (Å²) in [7, 11) is 1.91. The highest BCUT2D eigenvalue weighted by Gasteiger charge is 2.05. The molecule has 2 rings (SSSR count). The fourth-order valence-electron chi connectivity index (χ4n) is 1.36. The first-order valence-electron chi connectivity index (χ1n) is 5.32. The van der Waals surface area contributed by atoms with Crippen molar-refractivity contribution in [3.05, 3.63) is 28.5 Å². The smallest absolute Gasteiger partial charge is 0.112 e. The molecule has 0 aliphatic heterocycles. The lowest BCUT2D eigenvalue weighted by Crippen LogP contribution is -1.97. The van der Waals surface area contributed by atoms with Gasteiger partial charge in [0.15, 0.2) is 0 Å². The van der Waals surface area contributed by atoms with Crippen LogP contribution in [-0.4, -0.2) is 14.8 Å². The van der Waals surface area contributed by atoms with Gasteiger partial charge in [-0.15, -0.1) is 11.3 Å². The molecule has 86 valence electrons. The van der Waals surface area contributed by atoms with Gasteiger partial charge in [-0.05, 0) is 5.92 Å². The van der Waals surface area contributed by atoms with Gasteiger partial charge in [-0.3, -0.25) is 4.68 Å². The van der Waals surface area contributed by atoms with Crippen molar-refractivity contribution in [1.29, 1.82) is 0 Å². The fraction of sp³-hybridized carbons (Fsp3) is 0.455. The molecule has 0 bridgehead atoms. The standard InChI is InChI=1S/C11H16N4S/c1-8(2)10-5-13-11(16-10)6-12-9-4-14-15(3)7-9/h4-5,7-8,12H,6H2,1-3H3. The monoisotopic (exact) mass is 236 g/mol. The largest absolute Gasteiger partial charge is 0.376 e. The predicted octanol–water partition coefficient (Wildman–Crippen LogP) is 2.61. The molecular formula is C11H16N4S. The van der Waals surface area contributed by atoms with Crippen LogP contribution in [0.1, 0.15) is 29.7 Å². The molecule has 2 aromatic rings. The molecule has 0 spiro atoms. The van der Waals surface area contributed by atoms with Crippen molar-refractivity contribution in [3.8, 4) is 0 Å². The van der Waals surface area contributed by atoms with Crippen molar-refractivity contribution in [2.45, 2.75) is 26.3 Å². The molecule has 0 saturated carbocycles. The zero-order chi connectivity index (χ0) is 11.5. The Morgan fingerprint density at radius 1 is 1.44 bits per heavy atom. The van der Waals surface area contributed by atoms with E-state index < -0.39 is 0 Å². The van der Waals surface area contributed by atoms with Crippen LogP contribution in [0.15, 0.2) is 18.6 Å². The predicted molar refractivity (Wildman–Crippen MR) is 66.7 cm³/mol. The highest BCUT2D eigenvalue weighted by molar-refractivity contribution is 7.11. The molecule has 1 N–H and O–H groups in total. The molecule has 0 radical (unpaired) electrons. The van der Waals surface area contributed by atoms with Crippen molar-refractivity contribution in [3.63, 3.8) is 0 Å². The van der Waals surface area contributed by atoms with Crippen molar-refractivity contribution in [2.24, 2.45) is 7.05 Å². The zero-order valence-corrected chi connectivity index (χ0v) is 10.6. The second kappa shape index (κ2) is 4.65. The van der Waals surface area contributed by atoms with Gasteiger partial charge in [-0.2, -0.15) is 5.10 Å². The Hall–Kier alpha value is -1.36. The van der Waals surface area contributed by atoms with Gasteiger partial charge in [-0.1, -0.05) is 13.8 Å². The molecule has 0 unspecified atom stereocenters. The van der Waals surface area contributed by atoms with Gasteiger partial charge in [0.2, 0.25) is 0 Å². The lowest BCUT2D eigenvalue weighted by atomic mass is 10.2. The minimum Gasteiger partial charge on any atom is -0.376 e. The second-order valence-corrected chi connectivity index (χ2v) is 5.21. The summed E-state index contributed by atoms with van der Waals surface area (Å²) >= 11 is 1.77. The average Bonchev–Trinajstić information content (AvgIpc) is 2.83. The molecule has 2 aromatic heterocycles. The van der Waals surface area contributed by atoms with Gasteiger partial charge in [0.25, 0.3) is 0 Å². The Kier molecular flexibility index (Phi) is 3.24. The summed E-state index contributed by atoms with van der Waals surface area (Å²) in [5, 5.41) is 8.52. The summed E-state index contributed by atoms with van der Waals surface area (Å²) in [6, 6.07) is 0. The topological polar surface area (TPSA) is 42.7 Å². The van der Waals surface area contributed by atoms with Crippen LogP contribution in [0.5, 0.6) is 0 Å². The maximum absolute atomic E-state index is 4.39. The van der Waals surface area contributed by atoms with Crippen molar-refractivity contribution >= 4 is 17.0 Å². The second-order valence-electron chi connectivity index (χ2n) is 4.07. The van der Waals surface area contributed by atoms with Crippen LogP contribution in [0, 0.1) is 0 Å². The molecule has 16 heavy (non-hydrogen) atoms. The number of rotatable bonds is 4. The number of nitrogens with zero attached hydrogens (tertiary/aromatic N) is 3. The van der Waals surface area contributed by atoms with E-state index in [4.69, 9.17) is 0 Å². The zero-order valence-electron chi connectivity index (χ0n) is 9.77. The Morgan fingerprint density at radius 2 is 2.25 bits per heavy atom. The minimum absolute atomic E-state index is 0.560. The molecule has 0 aliphatic carbocycles. The average molecular weight is 236 g/mol. The Labute approximate surface area is 99.3 Å². The number of thiazole rings is 1. The summed E-state index contributed by atoms with van der Waals surface area (Å²) in [4.78, 5) is 5.72. The van der Waals surface area contributed by atoms with E-state index in [1.165, 1.54) is 4.88 Å². The van der Waals surface area contributed by atoms with Gasteiger partial charge < -0.3 is 5.32 Å². The first kappa shape index (κ1) is 11.1. The normalized spacial score (nSPS) is 11.0. The van der Waals surface area contributed by atoms with E-state index in [0.717, 1.165) is 17.2 Å². The van der Waals surface area contributed by atoms with Crippen LogP contribution in [0.2, 0.25) is 0 Å². The Morgan fingerprint density at radius 3 is 2.81 bits per heavy atom. The third kappa shape index (κ3) is 2.61. The lowest BCUT2D eigenvalue weighted by molar-refractivity contribution is 0.768. The van der Waals surface area contributed by atoms with Crippen LogP contribution < -0.4 is 5.32 Å². The van der Waals surface area contributed by atoms with Crippen LogP contribution in [0.3, 0.4) is 0 Å². The molecule has 0 atom stereocenters. The Bertz CT molecular complexity index is 458. The van der Waals surface area contributed by atoms with Gasteiger partial charge in [0.05, 0.1) is 18.4 Å². The molecule has 0 aromatic carbocycles. The quantitative estimate of drug-likeness (QED) is 0.887. The third-order valence-corrected chi connectivity index (χ3v) is 3.59. The summed E-state index contributed by atoms with van der Waals surface area (Å²) in [6.45, 7) is 5.14. The molecule has 0 amide bonds. The van der Waals surface area contributed by atoms with E-state index in [1.807, 2.05) is 25.6 Å². The van der Waals surface area contributed by atoms with Gasteiger partial charge in [0.1, 0.15) is 5.01 Å². The first-order chi connectivity index (χ1) is 7.65. The van der Waals surface area contributed by atoms with E-state index >= 15 is 0 Å². The number of hydrogen-bond acceptors (Lipinski definition) is 4. The molecular weight excluding hydrogens is 220 g/mol. The van der Waals surface area contributed by atoms with Crippen LogP contribution >= 0.6 is 11.3 Å². The molecule has 0 fully saturated rings. The number of aromatic nitrogens is 3. The van der Waals surface area contributed by atoms with Crippen LogP contribution in [0.4, 0.5) is 5.69 Å². The number of nitrogens with one attached hydrogen (secondary N) is 1. The lowest BCUT2D eigenvalue weighted by Gasteiger charge is -1.99. The molecule has 5 heteroatoms. The SMILES string of the molecule is CC(C)c1cnc(CNc2cnn(C)c2)s1. The molecule has 0 aliphatic rings. The highest BCUT2D eigenvalue weighted by Crippen LogP contribution is 2.22. The summed E-state index contributed by atoms with van der Waals surface area (Å²) < 4.78 is 1.78. The van der Waals surface area contributed by atoms with E-state index in [9.17, 15) is 0 Å². The van der Waals surface area contributed by atoms with E-state index in [2.05, 4.69) is 29.2 Å². The molecule has 4 nitrogen and oxygen atoms in total.